The fourth-order valence-corrected chi connectivity index (χ4v) is 1.47. The molecule has 1 aromatic heterocycles. The van der Waals surface area contributed by atoms with Crippen molar-refractivity contribution in [2.75, 3.05) is 11.9 Å². The largest absolute Gasteiger partial charge is 0.434 e. The summed E-state index contributed by atoms with van der Waals surface area (Å²) < 4.78 is 36.2. The van der Waals surface area contributed by atoms with Crippen molar-refractivity contribution < 1.29 is 13.2 Å². The number of thiazole rings is 1. The summed E-state index contributed by atoms with van der Waals surface area (Å²) >= 11 is 0.916. The molecule has 76 valence electrons. The minimum absolute atomic E-state index is 0.243. The molecule has 2 nitrogen and oxygen atoms in total. The first-order valence-electron chi connectivity index (χ1n) is 3.74. The van der Waals surface area contributed by atoms with Crippen molar-refractivity contribution in [1.29, 1.82) is 0 Å². The van der Waals surface area contributed by atoms with E-state index < -0.39 is 11.9 Å². The Bertz CT molecular complexity index is 337. The van der Waals surface area contributed by atoms with Crippen LogP contribution in [0.1, 0.15) is 12.1 Å². The Kier molecular flexibility index (Phi) is 3.36. The monoisotopic (exact) mass is 220 g/mol. The lowest BCUT2D eigenvalue weighted by Gasteiger charge is -2.00. The van der Waals surface area contributed by atoms with Crippen LogP contribution in [0.5, 0.6) is 0 Å². The normalized spacial score (nSPS) is 11.0. The van der Waals surface area contributed by atoms with Crippen LogP contribution in [0.25, 0.3) is 0 Å². The number of anilines is 1. The molecule has 0 aromatic carbocycles. The summed E-state index contributed by atoms with van der Waals surface area (Å²) in [5.74, 6) is 2.37. The fourth-order valence-electron chi connectivity index (χ4n) is 0.727. The molecule has 0 fully saturated rings. The zero-order valence-corrected chi connectivity index (χ0v) is 7.87. The lowest BCUT2D eigenvalue weighted by atomic mass is 10.4. The highest BCUT2D eigenvalue weighted by Gasteiger charge is 2.33. The lowest BCUT2D eigenvalue weighted by Crippen LogP contribution is -2.06. The van der Waals surface area contributed by atoms with Crippen molar-refractivity contribution in [1.82, 2.24) is 4.98 Å². The number of nitrogens with one attached hydrogen (secondary N) is 1. The van der Waals surface area contributed by atoms with E-state index >= 15 is 0 Å². The van der Waals surface area contributed by atoms with Gasteiger partial charge in [0.05, 0.1) is 0 Å². The summed E-state index contributed by atoms with van der Waals surface area (Å²) in [6.45, 7) is 0.432. The van der Waals surface area contributed by atoms with E-state index in [0.29, 0.717) is 13.0 Å². The highest BCUT2D eigenvalue weighted by atomic mass is 32.1. The molecule has 1 aromatic rings. The highest BCUT2D eigenvalue weighted by Crippen LogP contribution is 2.31. The Morgan fingerprint density at radius 1 is 1.57 bits per heavy atom. The fraction of sp³-hybridized carbons (Fsp3) is 0.375. The summed E-state index contributed by atoms with van der Waals surface area (Å²) in [6.07, 6.45) is 1.07. The van der Waals surface area contributed by atoms with E-state index in [0.717, 1.165) is 16.7 Å². The van der Waals surface area contributed by atoms with Crippen molar-refractivity contribution >= 4 is 16.5 Å². The van der Waals surface area contributed by atoms with Crippen molar-refractivity contribution in [3.05, 3.63) is 11.1 Å². The molecule has 0 aliphatic carbocycles. The number of terminal acetylenes is 1. The summed E-state index contributed by atoms with van der Waals surface area (Å²) in [5.41, 5.74) is -0.870. The first kappa shape index (κ1) is 10.9. The second-order valence-electron chi connectivity index (χ2n) is 2.42. The molecule has 0 atom stereocenters. The van der Waals surface area contributed by atoms with Crippen LogP contribution in [0.4, 0.5) is 18.3 Å². The first-order valence-corrected chi connectivity index (χ1v) is 4.62. The van der Waals surface area contributed by atoms with Crippen molar-refractivity contribution in [3.63, 3.8) is 0 Å². The lowest BCUT2D eigenvalue weighted by molar-refractivity contribution is -0.140. The SMILES string of the molecule is C#CCCNc1nc(C(F)(F)F)cs1. The van der Waals surface area contributed by atoms with Gasteiger partial charge in [0.15, 0.2) is 10.8 Å². The van der Waals surface area contributed by atoms with Gasteiger partial charge < -0.3 is 5.32 Å². The molecule has 1 N–H and O–H groups in total. The van der Waals surface area contributed by atoms with Gasteiger partial charge in [-0.2, -0.15) is 13.2 Å². The second kappa shape index (κ2) is 4.33. The average molecular weight is 220 g/mol. The quantitative estimate of drug-likeness (QED) is 0.625. The molecule has 0 aliphatic rings. The van der Waals surface area contributed by atoms with Crippen molar-refractivity contribution in [3.8, 4) is 12.3 Å². The molecule has 1 rings (SSSR count). The van der Waals surface area contributed by atoms with Crippen LogP contribution >= 0.6 is 11.3 Å². The Morgan fingerprint density at radius 2 is 2.29 bits per heavy atom. The third-order valence-corrected chi connectivity index (χ3v) is 2.14. The van der Waals surface area contributed by atoms with Crippen molar-refractivity contribution in [2.24, 2.45) is 0 Å². The van der Waals surface area contributed by atoms with Crippen LogP contribution in [-0.2, 0) is 6.18 Å². The number of aromatic nitrogens is 1. The topological polar surface area (TPSA) is 24.9 Å². The molecule has 1 heterocycles. The Hall–Kier alpha value is -1.22. The molecule has 0 spiro atoms. The van der Waals surface area contributed by atoms with Gasteiger partial charge >= 0.3 is 6.18 Å². The molecule has 0 unspecified atom stereocenters. The predicted octanol–water partition coefficient (Wildman–Crippen LogP) is 2.60. The zero-order chi connectivity index (χ0) is 10.6. The molecular formula is C8H7F3N2S. The first-order chi connectivity index (χ1) is 6.54. The van der Waals surface area contributed by atoms with Gasteiger partial charge in [-0.15, -0.1) is 23.7 Å². The molecule has 0 amide bonds. The van der Waals surface area contributed by atoms with Crippen LogP contribution in [-0.4, -0.2) is 11.5 Å². The molecule has 0 saturated heterocycles. The van der Waals surface area contributed by atoms with Crippen LogP contribution in [0.3, 0.4) is 0 Å². The summed E-state index contributed by atoms with van der Waals surface area (Å²) in [7, 11) is 0. The van der Waals surface area contributed by atoms with Gasteiger partial charge in [-0.05, 0) is 0 Å². The van der Waals surface area contributed by atoms with Gasteiger partial charge in [-0.1, -0.05) is 0 Å². The molecule has 0 bridgehead atoms. The maximum atomic E-state index is 12.1. The standard InChI is InChI=1S/C8H7F3N2S/c1-2-3-4-12-7-13-6(5-14-7)8(9,10)11/h1,5H,3-4H2,(H,12,13). The molecule has 0 saturated carbocycles. The Balaban J connectivity index is 2.57. The van der Waals surface area contributed by atoms with Gasteiger partial charge in [0.25, 0.3) is 0 Å². The van der Waals surface area contributed by atoms with E-state index in [4.69, 9.17) is 6.42 Å². The Labute approximate surface area is 83.2 Å². The zero-order valence-electron chi connectivity index (χ0n) is 7.06. The van der Waals surface area contributed by atoms with Gasteiger partial charge in [0, 0.05) is 18.3 Å². The van der Waals surface area contributed by atoms with Crippen LogP contribution in [0.2, 0.25) is 0 Å². The van der Waals surface area contributed by atoms with Crippen LogP contribution in [0, 0.1) is 12.3 Å². The molecule has 14 heavy (non-hydrogen) atoms. The Morgan fingerprint density at radius 3 is 2.79 bits per heavy atom. The maximum Gasteiger partial charge on any atom is 0.434 e. The summed E-state index contributed by atoms with van der Waals surface area (Å²) in [4.78, 5) is 3.37. The molecule has 0 aliphatic heterocycles. The van der Waals surface area contributed by atoms with Crippen LogP contribution in [0.15, 0.2) is 5.38 Å². The third kappa shape index (κ3) is 2.92. The minimum atomic E-state index is -4.37. The molecule has 6 heteroatoms. The van der Waals surface area contributed by atoms with E-state index in [-0.39, 0.29) is 5.13 Å². The van der Waals surface area contributed by atoms with E-state index in [1.165, 1.54) is 0 Å². The maximum absolute atomic E-state index is 12.1. The third-order valence-electron chi connectivity index (χ3n) is 1.34. The van der Waals surface area contributed by atoms with Gasteiger partial charge in [0.2, 0.25) is 0 Å². The van der Waals surface area contributed by atoms with Gasteiger partial charge in [-0.3, -0.25) is 0 Å². The van der Waals surface area contributed by atoms with Crippen LogP contribution < -0.4 is 5.32 Å². The number of hydrogen-bond acceptors (Lipinski definition) is 3. The average Bonchev–Trinajstić information content (AvgIpc) is 2.52. The summed E-state index contributed by atoms with van der Waals surface area (Å²) in [6, 6.07) is 0. The molecule has 0 radical (unpaired) electrons. The van der Waals surface area contributed by atoms with E-state index in [1.54, 1.807) is 0 Å². The smallest absolute Gasteiger partial charge is 0.361 e. The number of rotatable bonds is 3. The highest BCUT2D eigenvalue weighted by molar-refractivity contribution is 7.13. The predicted molar refractivity (Wildman–Crippen MR) is 49.1 cm³/mol. The number of hydrogen-bond donors (Lipinski definition) is 1. The second-order valence-corrected chi connectivity index (χ2v) is 3.27. The number of halogens is 3. The van der Waals surface area contributed by atoms with E-state index in [2.05, 4.69) is 16.2 Å². The summed E-state index contributed by atoms with van der Waals surface area (Å²) in [5, 5.41) is 3.92. The van der Waals surface area contributed by atoms with E-state index in [1.807, 2.05) is 0 Å². The van der Waals surface area contributed by atoms with Gasteiger partial charge in [-0.25, -0.2) is 4.98 Å². The van der Waals surface area contributed by atoms with Gasteiger partial charge in [0.1, 0.15) is 0 Å². The minimum Gasteiger partial charge on any atom is -0.361 e. The van der Waals surface area contributed by atoms with E-state index in [9.17, 15) is 13.2 Å². The molecular weight excluding hydrogens is 213 g/mol. The number of alkyl halides is 3. The van der Waals surface area contributed by atoms with Crippen molar-refractivity contribution in [2.45, 2.75) is 12.6 Å². The number of nitrogens with zero attached hydrogens (tertiary/aromatic N) is 1.